The number of nitrogens with zero attached hydrogens (tertiary/aromatic N) is 1. The molecule has 3 nitrogen and oxygen atoms in total. The van der Waals surface area contributed by atoms with Gasteiger partial charge in [-0.05, 0) is 19.3 Å². The van der Waals surface area contributed by atoms with Crippen LogP contribution in [0.25, 0.3) is 0 Å². The van der Waals surface area contributed by atoms with E-state index < -0.39 is 0 Å². The van der Waals surface area contributed by atoms with Crippen molar-refractivity contribution in [2.24, 2.45) is 11.1 Å². The van der Waals surface area contributed by atoms with E-state index in [-0.39, 0.29) is 17.2 Å². The Bertz CT molecular complexity index is 385. The standard InChI is InChI=1S/C13H22N2OS/c1-8-9(2)17-12(15-8)7-10(16)6-11(14)13(3,4)5/h11H,6-7,14H2,1-5H3. The zero-order valence-electron chi connectivity index (χ0n) is 11.3. The Kier molecular flexibility index (Phi) is 4.44. The van der Waals surface area contributed by atoms with Crippen molar-refractivity contribution >= 4 is 17.1 Å². The maximum atomic E-state index is 11.9. The van der Waals surface area contributed by atoms with E-state index in [4.69, 9.17) is 5.73 Å². The molecule has 0 aliphatic carbocycles. The van der Waals surface area contributed by atoms with Gasteiger partial charge in [0.1, 0.15) is 10.8 Å². The van der Waals surface area contributed by atoms with Gasteiger partial charge in [0.15, 0.2) is 0 Å². The van der Waals surface area contributed by atoms with Crippen LogP contribution in [0.4, 0.5) is 0 Å². The molecule has 2 N–H and O–H groups in total. The van der Waals surface area contributed by atoms with Gasteiger partial charge in [-0.2, -0.15) is 0 Å². The summed E-state index contributed by atoms with van der Waals surface area (Å²) >= 11 is 1.60. The molecule has 0 saturated heterocycles. The summed E-state index contributed by atoms with van der Waals surface area (Å²) in [6.07, 6.45) is 0.851. The van der Waals surface area contributed by atoms with E-state index in [9.17, 15) is 4.79 Å². The number of carbonyl (C=O) groups excluding carboxylic acids is 1. The average molecular weight is 254 g/mol. The second kappa shape index (κ2) is 5.27. The Morgan fingerprint density at radius 1 is 1.41 bits per heavy atom. The second-order valence-corrected chi connectivity index (χ2v) is 6.93. The van der Waals surface area contributed by atoms with Gasteiger partial charge in [0.25, 0.3) is 0 Å². The van der Waals surface area contributed by atoms with Crippen LogP contribution < -0.4 is 5.73 Å². The Hall–Kier alpha value is -0.740. The van der Waals surface area contributed by atoms with Gasteiger partial charge >= 0.3 is 0 Å². The Balaban J connectivity index is 2.56. The summed E-state index contributed by atoms with van der Waals surface area (Å²) in [5, 5.41) is 0.908. The largest absolute Gasteiger partial charge is 0.327 e. The van der Waals surface area contributed by atoms with Crippen LogP contribution in [0, 0.1) is 19.3 Å². The lowest BCUT2D eigenvalue weighted by Gasteiger charge is -2.26. The topological polar surface area (TPSA) is 56.0 Å². The van der Waals surface area contributed by atoms with Crippen molar-refractivity contribution in [3.8, 4) is 0 Å². The maximum Gasteiger partial charge on any atom is 0.141 e. The monoisotopic (exact) mass is 254 g/mol. The minimum atomic E-state index is -0.0860. The highest BCUT2D eigenvalue weighted by molar-refractivity contribution is 7.11. The van der Waals surface area contributed by atoms with Crippen molar-refractivity contribution in [3.63, 3.8) is 0 Å². The number of nitrogens with two attached hydrogens (primary N) is 1. The molecule has 0 aliphatic rings. The molecule has 0 bridgehead atoms. The highest BCUT2D eigenvalue weighted by Gasteiger charge is 2.23. The number of rotatable bonds is 4. The van der Waals surface area contributed by atoms with Gasteiger partial charge in [-0.1, -0.05) is 20.8 Å². The molecule has 1 atom stereocenters. The molecule has 4 heteroatoms. The molecular weight excluding hydrogens is 232 g/mol. The van der Waals surface area contributed by atoms with Gasteiger partial charge in [-0.3, -0.25) is 4.79 Å². The van der Waals surface area contributed by atoms with Gasteiger partial charge in [-0.15, -0.1) is 11.3 Å². The fraction of sp³-hybridized carbons (Fsp3) is 0.692. The first-order chi connectivity index (χ1) is 7.70. The normalized spacial score (nSPS) is 13.8. The molecule has 17 heavy (non-hydrogen) atoms. The fourth-order valence-corrected chi connectivity index (χ4v) is 2.37. The maximum absolute atomic E-state index is 11.9. The molecule has 0 radical (unpaired) electrons. The first kappa shape index (κ1) is 14.3. The van der Waals surface area contributed by atoms with E-state index in [1.165, 1.54) is 4.88 Å². The molecule has 1 unspecified atom stereocenters. The molecule has 0 spiro atoms. The summed E-state index contributed by atoms with van der Waals surface area (Å²) in [4.78, 5) is 17.4. The van der Waals surface area contributed by atoms with Gasteiger partial charge < -0.3 is 5.73 Å². The lowest BCUT2D eigenvalue weighted by Crippen LogP contribution is -2.37. The van der Waals surface area contributed by atoms with Crippen LogP contribution in [-0.2, 0) is 11.2 Å². The second-order valence-electron chi connectivity index (χ2n) is 5.64. The zero-order valence-corrected chi connectivity index (χ0v) is 12.1. The molecule has 0 amide bonds. The van der Waals surface area contributed by atoms with E-state index in [0.29, 0.717) is 12.8 Å². The third kappa shape index (κ3) is 4.21. The van der Waals surface area contributed by atoms with Crippen LogP contribution in [0.2, 0.25) is 0 Å². The fourth-order valence-electron chi connectivity index (χ4n) is 1.41. The summed E-state index contributed by atoms with van der Waals surface area (Å²) in [5.74, 6) is 0.182. The number of carbonyl (C=O) groups is 1. The average Bonchev–Trinajstić information content (AvgIpc) is 2.43. The summed E-state index contributed by atoms with van der Waals surface area (Å²) in [6.45, 7) is 10.2. The summed E-state index contributed by atoms with van der Waals surface area (Å²) < 4.78 is 0. The van der Waals surface area contributed by atoms with Crippen molar-refractivity contribution in [2.75, 3.05) is 0 Å². The molecule has 1 rings (SSSR count). The molecule has 1 aromatic heterocycles. The van der Waals surface area contributed by atoms with Crippen LogP contribution in [0.5, 0.6) is 0 Å². The predicted octanol–water partition coefficient (Wildman–Crippen LogP) is 2.64. The number of aromatic nitrogens is 1. The molecule has 96 valence electrons. The quantitative estimate of drug-likeness (QED) is 0.898. The molecule has 0 aromatic carbocycles. The van der Waals surface area contributed by atoms with Crippen LogP contribution in [0.15, 0.2) is 0 Å². The van der Waals surface area contributed by atoms with Crippen molar-refractivity contribution in [1.82, 2.24) is 4.98 Å². The summed E-state index contributed by atoms with van der Waals surface area (Å²) in [5.41, 5.74) is 7.00. The lowest BCUT2D eigenvalue weighted by molar-refractivity contribution is -0.119. The summed E-state index contributed by atoms with van der Waals surface area (Å²) in [6, 6.07) is -0.0860. The van der Waals surface area contributed by atoms with Gasteiger partial charge in [0, 0.05) is 17.3 Å². The third-order valence-corrected chi connectivity index (χ3v) is 4.05. The highest BCUT2D eigenvalue weighted by atomic mass is 32.1. The minimum Gasteiger partial charge on any atom is -0.327 e. The number of aryl methyl sites for hydroxylation is 2. The van der Waals surface area contributed by atoms with Crippen LogP contribution in [-0.4, -0.2) is 16.8 Å². The van der Waals surface area contributed by atoms with Crippen LogP contribution in [0.1, 0.15) is 42.8 Å². The molecular formula is C13H22N2OS. The van der Waals surface area contributed by atoms with E-state index in [1.54, 1.807) is 11.3 Å². The Morgan fingerprint density at radius 2 is 2.00 bits per heavy atom. The molecule has 0 saturated carbocycles. The van der Waals surface area contributed by atoms with Gasteiger partial charge in [0.2, 0.25) is 0 Å². The predicted molar refractivity (Wildman–Crippen MR) is 72.3 cm³/mol. The van der Waals surface area contributed by atoms with Crippen molar-refractivity contribution in [2.45, 2.75) is 53.5 Å². The van der Waals surface area contributed by atoms with Crippen LogP contribution >= 0.6 is 11.3 Å². The minimum absolute atomic E-state index is 0.0234. The SMILES string of the molecule is Cc1nc(CC(=O)CC(N)C(C)(C)C)sc1C. The molecule has 1 aromatic rings. The van der Waals surface area contributed by atoms with E-state index in [1.807, 2.05) is 13.8 Å². The molecule has 0 aliphatic heterocycles. The van der Waals surface area contributed by atoms with Crippen LogP contribution in [0.3, 0.4) is 0 Å². The highest BCUT2D eigenvalue weighted by Crippen LogP contribution is 2.22. The van der Waals surface area contributed by atoms with Gasteiger partial charge in [0.05, 0.1) is 12.1 Å². The van der Waals surface area contributed by atoms with Gasteiger partial charge in [-0.25, -0.2) is 4.98 Å². The van der Waals surface area contributed by atoms with Crippen molar-refractivity contribution < 1.29 is 4.79 Å². The van der Waals surface area contributed by atoms with E-state index >= 15 is 0 Å². The zero-order chi connectivity index (χ0) is 13.2. The number of Topliss-reactive ketones (excluding diaryl/α,β-unsaturated/α-hetero) is 1. The van der Waals surface area contributed by atoms with Crippen molar-refractivity contribution in [3.05, 3.63) is 15.6 Å². The Morgan fingerprint density at radius 3 is 2.41 bits per heavy atom. The number of hydrogen-bond acceptors (Lipinski definition) is 4. The first-order valence-corrected chi connectivity index (χ1v) is 6.72. The third-order valence-electron chi connectivity index (χ3n) is 2.98. The smallest absolute Gasteiger partial charge is 0.141 e. The summed E-state index contributed by atoms with van der Waals surface area (Å²) in [7, 11) is 0. The Labute approximate surface area is 107 Å². The number of thiazole rings is 1. The molecule has 1 heterocycles. The number of ketones is 1. The number of hydrogen-bond donors (Lipinski definition) is 1. The van der Waals surface area contributed by atoms with E-state index in [2.05, 4.69) is 25.8 Å². The molecule has 0 fully saturated rings. The first-order valence-electron chi connectivity index (χ1n) is 5.90. The van der Waals surface area contributed by atoms with Crippen molar-refractivity contribution in [1.29, 1.82) is 0 Å². The lowest BCUT2D eigenvalue weighted by atomic mass is 9.84. The van der Waals surface area contributed by atoms with E-state index in [0.717, 1.165) is 10.7 Å².